The van der Waals surface area contributed by atoms with Crippen LogP contribution in [0.4, 0.5) is 11.4 Å². The molecule has 1 aliphatic heterocycles. The molecule has 1 unspecified atom stereocenters. The van der Waals surface area contributed by atoms with E-state index in [0.29, 0.717) is 17.3 Å². The van der Waals surface area contributed by atoms with E-state index in [-0.39, 0.29) is 10.6 Å². The van der Waals surface area contributed by atoms with Crippen LogP contribution in [0.15, 0.2) is 18.2 Å². The number of nitrogens with zero attached hydrogens (tertiary/aromatic N) is 2. The van der Waals surface area contributed by atoms with Crippen molar-refractivity contribution in [3.63, 3.8) is 0 Å². The molecule has 0 radical (unpaired) electrons. The van der Waals surface area contributed by atoms with Gasteiger partial charge >= 0.3 is 0 Å². The molecule has 1 heterocycles. The molecule has 0 saturated carbocycles. The normalized spacial score (nSPS) is 21.4. The third kappa shape index (κ3) is 3.10. The number of nitro groups is 1. The second kappa shape index (κ2) is 6.22. The van der Waals surface area contributed by atoms with Gasteiger partial charge in [0.1, 0.15) is 5.69 Å². The lowest BCUT2D eigenvalue weighted by molar-refractivity contribution is -0.384. The van der Waals surface area contributed by atoms with Gasteiger partial charge in [-0.2, -0.15) is 0 Å². The van der Waals surface area contributed by atoms with E-state index in [1.54, 1.807) is 19.1 Å². The molecule has 1 saturated heterocycles. The molecular formula is C15H22N2O3. The van der Waals surface area contributed by atoms with Gasteiger partial charge in [0.2, 0.25) is 0 Å². The van der Waals surface area contributed by atoms with Gasteiger partial charge in [-0.3, -0.25) is 10.1 Å². The number of nitro benzene ring substituents is 1. The molecule has 5 nitrogen and oxygen atoms in total. The van der Waals surface area contributed by atoms with E-state index >= 15 is 0 Å². The van der Waals surface area contributed by atoms with Crippen LogP contribution in [-0.4, -0.2) is 22.6 Å². The molecule has 1 fully saturated rings. The van der Waals surface area contributed by atoms with Crippen LogP contribution in [0.1, 0.15) is 51.2 Å². The fourth-order valence-corrected chi connectivity index (χ4v) is 2.82. The minimum absolute atomic E-state index is 0.0946. The van der Waals surface area contributed by atoms with Crippen molar-refractivity contribution in [3.05, 3.63) is 33.9 Å². The van der Waals surface area contributed by atoms with E-state index in [4.69, 9.17) is 0 Å². The topological polar surface area (TPSA) is 66.6 Å². The van der Waals surface area contributed by atoms with Crippen LogP contribution in [0.3, 0.4) is 0 Å². The van der Waals surface area contributed by atoms with Gasteiger partial charge in [-0.15, -0.1) is 0 Å². The SMILES string of the molecule is CC1CCCCCN1c1ccc([C@@H](C)O)cc1[N+](=O)[O-]. The molecule has 2 rings (SSSR count). The van der Waals surface area contributed by atoms with E-state index in [0.717, 1.165) is 19.4 Å². The first-order valence-electron chi connectivity index (χ1n) is 7.23. The molecule has 1 aromatic rings. The Morgan fingerprint density at radius 2 is 2.15 bits per heavy atom. The summed E-state index contributed by atoms with van der Waals surface area (Å²) in [5.74, 6) is 0. The summed E-state index contributed by atoms with van der Waals surface area (Å²) >= 11 is 0. The fourth-order valence-electron chi connectivity index (χ4n) is 2.82. The highest BCUT2D eigenvalue weighted by molar-refractivity contribution is 5.65. The van der Waals surface area contributed by atoms with Gasteiger partial charge < -0.3 is 10.0 Å². The molecule has 20 heavy (non-hydrogen) atoms. The number of anilines is 1. The van der Waals surface area contributed by atoms with E-state index in [1.165, 1.54) is 18.9 Å². The molecule has 0 bridgehead atoms. The zero-order valence-electron chi connectivity index (χ0n) is 12.1. The number of rotatable bonds is 3. The van der Waals surface area contributed by atoms with Gasteiger partial charge in [0.05, 0.1) is 11.0 Å². The Hall–Kier alpha value is -1.62. The summed E-state index contributed by atoms with van der Waals surface area (Å²) in [4.78, 5) is 13.1. The number of aliphatic hydroxyl groups excluding tert-OH is 1. The number of hydrogen-bond donors (Lipinski definition) is 1. The maximum absolute atomic E-state index is 11.3. The molecule has 0 amide bonds. The standard InChI is InChI=1S/C15H22N2O3/c1-11-6-4-3-5-9-16(11)14-8-7-13(12(2)18)10-15(14)17(19)20/h7-8,10-12,18H,3-6,9H2,1-2H3/t11?,12-/m1/s1. The van der Waals surface area contributed by atoms with E-state index < -0.39 is 6.10 Å². The largest absolute Gasteiger partial charge is 0.389 e. The summed E-state index contributed by atoms with van der Waals surface area (Å²) in [5.41, 5.74) is 1.36. The van der Waals surface area contributed by atoms with Gasteiger partial charge in [-0.25, -0.2) is 0 Å². The van der Waals surface area contributed by atoms with Gasteiger partial charge in [0.15, 0.2) is 0 Å². The average Bonchev–Trinajstić information content (AvgIpc) is 2.62. The molecule has 1 aliphatic rings. The van der Waals surface area contributed by atoms with Crippen molar-refractivity contribution in [3.8, 4) is 0 Å². The van der Waals surface area contributed by atoms with Crippen molar-refractivity contribution < 1.29 is 10.0 Å². The lowest BCUT2D eigenvalue weighted by Gasteiger charge is -2.29. The van der Waals surface area contributed by atoms with Crippen molar-refractivity contribution >= 4 is 11.4 Å². The zero-order chi connectivity index (χ0) is 14.7. The number of hydrogen-bond acceptors (Lipinski definition) is 4. The lowest BCUT2D eigenvalue weighted by Crippen LogP contribution is -2.33. The maximum atomic E-state index is 11.3. The Bertz CT molecular complexity index is 488. The second-order valence-corrected chi connectivity index (χ2v) is 5.57. The lowest BCUT2D eigenvalue weighted by atomic mass is 10.1. The van der Waals surface area contributed by atoms with Crippen LogP contribution in [0.5, 0.6) is 0 Å². The fraction of sp³-hybridized carbons (Fsp3) is 0.600. The summed E-state index contributed by atoms with van der Waals surface area (Å²) in [6.07, 6.45) is 3.80. The highest BCUT2D eigenvalue weighted by Crippen LogP contribution is 2.34. The zero-order valence-corrected chi connectivity index (χ0v) is 12.1. The Kier molecular flexibility index (Phi) is 4.60. The molecule has 1 N–H and O–H groups in total. The first kappa shape index (κ1) is 14.8. The molecule has 1 aromatic carbocycles. The number of benzene rings is 1. The van der Waals surface area contributed by atoms with Gasteiger partial charge in [0, 0.05) is 18.7 Å². The van der Waals surface area contributed by atoms with Crippen molar-refractivity contribution in [1.82, 2.24) is 0 Å². The quantitative estimate of drug-likeness (QED) is 0.679. The predicted molar refractivity (Wildman–Crippen MR) is 79.0 cm³/mol. The van der Waals surface area contributed by atoms with Crippen molar-refractivity contribution in [2.45, 2.75) is 51.7 Å². The van der Waals surface area contributed by atoms with Gasteiger partial charge in [0.25, 0.3) is 5.69 Å². The molecule has 110 valence electrons. The first-order valence-corrected chi connectivity index (χ1v) is 7.23. The smallest absolute Gasteiger partial charge is 0.292 e. The molecule has 0 aliphatic carbocycles. The molecular weight excluding hydrogens is 256 g/mol. The maximum Gasteiger partial charge on any atom is 0.292 e. The highest BCUT2D eigenvalue weighted by atomic mass is 16.6. The summed E-state index contributed by atoms with van der Waals surface area (Å²) in [6.45, 7) is 4.60. The highest BCUT2D eigenvalue weighted by Gasteiger charge is 2.25. The minimum Gasteiger partial charge on any atom is -0.389 e. The van der Waals surface area contributed by atoms with Crippen LogP contribution < -0.4 is 4.90 Å². The first-order chi connectivity index (χ1) is 9.50. The number of aliphatic hydroxyl groups is 1. The van der Waals surface area contributed by atoms with E-state index in [9.17, 15) is 15.2 Å². The molecule has 2 atom stereocenters. The minimum atomic E-state index is -0.690. The Morgan fingerprint density at radius 3 is 2.80 bits per heavy atom. The summed E-state index contributed by atoms with van der Waals surface area (Å²) in [5, 5.41) is 20.9. The van der Waals surface area contributed by atoms with Crippen molar-refractivity contribution in [2.24, 2.45) is 0 Å². The van der Waals surface area contributed by atoms with Crippen LogP contribution in [-0.2, 0) is 0 Å². The van der Waals surface area contributed by atoms with Crippen LogP contribution >= 0.6 is 0 Å². The third-order valence-corrected chi connectivity index (χ3v) is 4.04. The van der Waals surface area contributed by atoms with Crippen molar-refractivity contribution in [2.75, 3.05) is 11.4 Å². The van der Waals surface area contributed by atoms with Gasteiger partial charge in [-0.1, -0.05) is 18.9 Å². The Morgan fingerprint density at radius 1 is 1.40 bits per heavy atom. The summed E-state index contributed by atoms with van der Waals surface area (Å²) in [7, 11) is 0. The average molecular weight is 278 g/mol. The van der Waals surface area contributed by atoms with Crippen LogP contribution in [0, 0.1) is 10.1 Å². The summed E-state index contributed by atoms with van der Waals surface area (Å²) < 4.78 is 0. The van der Waals surface area contributed by atoms with Crippen molar-refractivity contribution in [1.29, 1.82) is 0 Å². The monoisotopic (exact) mass is 278 g/mol. The molecule has 0 spiro atoms. The Labute approximate surface area is 119 Å². The van der Waals surface area contributed by atoms with Gasteiger partial charge in [-0.05, 0) is 38.3 Å². The summed E-state index contributed by atoms with van der Waals surface area (Å²) in [6, 6.07) is 5.37. The van der Waals surface area contributed by atoms with Crippen LogP contribution in [0.25, 0.3) is 0 Å². The second-order valence-electron chi connectivity index (χ2n) is 5.57. The van der Waals surface area contributed by atoms with E-state index in [1.807, 2.05) is 0 Å². The third-order valence-electron chi connectivity index (χ3n) is 4.04. The van der Waals surface area contributed by atoms with Crippen LogP contribution in [0.2, 0.25) is 0 Å². The van der Waals surface area contributed by atoms with E-state index in [2.05, 4.69) is 11.8 Å². The molecule has 0 aromatic heterocycles. The Balaban J connectivity index is 2.41. The predicted octanol–water partition coefficient (Wildman–Crippen LogP) is 3.42. The molecule has 5 heteroatoms.